The highest BCUT2D eigenvalue weighted by Gasteiger charge is 2.14. The molecule has 1 atom stereocenters. The van der Waals surface area contributed by atoms with Crippen LogP contribution in [0.5, 0.6) is 0 Å². The summed E-state index contributed by atoms with van der Waals surface area (Å²) in [6.45, 7) is 2.71. The number of hydrogen-bond donors (Lipinski definition) is 2. The molecule has 114 valence electrons. The Balaban J connectivity index is 2.47. The van der Waals surface area contributed by atoms with Gasteiger partial charge in [-0.3, -0.25) is 0 Å². The third kappa shape index (κ3) is 5.18. The number of hydrogen-bond acceptors (Lipinski definition) is 5. The van der Waals surface area contributed by atoms with Crippen LogP contribution in [0.3, 0.4) is 0 Å². The lowest BCUT2D eigenvalue weighted by Crippen LogP contribution is -2.40. The molecule has 0 heterocycles. The number of nitrogens with two attached hydrogens (primary N) is 1. The molecule has 0 saturated heterocycles. The molecular formula is C13H22N2O4S. The average Bonchev–Trinajstić information content (AvgIpc) is 2.39. The first-order valence-electron chi connectivity index (χ1n) is 6.29. The van der Waals surface area contributed by atoms with Crippen LogP contribution in [0.2, 0.25) is 0 Å². The van der Waals surface area contributed by atoms with Crippen molar-refractivity contribution in [1.82, 2.24) is 5.32 Å². The van der Waals surface area contributed by atoms with Crippen LogP contribution in [0.25, 0.3) is 0 Å². The Labute approximate surface area is 120 Å². The van der Waals surface area contributed by atoms with E-state index in [2.05, 4.69) is 5.32 Å². The first kappa shape index (κ1) is 17.1. The monoisotopic (exact) mass is 302 g/mol. The predicted molar refractivity (Wildman–Crippen MR) is 76.8 cm³/mol. The van der Waals surface area contributed by atoms with E-state index in [1.165, 1.54) is 12.1 Å². The van der Waals surface area contributed by atoms with Gasteiger partial charge in [-0.25, -0.2) is 13.6 Å². The van der Waals surface area contributed by atoms with Gasteiger partial charge in [0, 0.05) is 14.2 Å². The zero-order valence-electron chi connectivity index (χ0n) is 12.0. The van der Waals surface area contributed by atoms with Crippen molar-refractivity contribution in [2.24, 2.45) is 5.14 Å². The number of nitrogens with one attached hydrogen (secondary N) is 1. The summed E-state index contributed by atoms with van der Waals surface area (Å²) in [5, 5.41) is 8.33. The second-order valence-corrected chi connectivity index (χ2v) is 6.08. The van der Waals surface area contributed by atoms with Crippen molar-refractivity contribution in [2.75, 3.05) is 20.8 Å². The number of rotatable bonds is 8. The highest BCUT2D eigenvalue weighted by Crippen LogP contribution is 2.09. The summed E-state index contributed by atoms with van der Waals surface area (Å²) in [5.41, 5.74) is 1.03. The molecule has 0 bridgehead atoms. The molecule has 1 unspecified atom stereocenters. The molecule has 0 radical (unpaired) electrons. The Kier molecular flexibility index (Phi) is 6.57. The topological polar surface area (TPSA) is 90.7 Å². The van der Waals surface area contributed by atoms with Crippen LogP contribution >= 0.6 is 0 Å². The summed E-state index contributed by atoms with van der Waals surface area (Å²) in [6.07, 6.45) is 0.481. The van der Waals surface area contributed by atoms with Gasteiger partial charge in [-0.15, -0.1) is 0 Å². The first-order chi connectivity index (χ1) is 9.38. The minimum Gasteiger partial charge on any atom is -0.354 e. The van der Waals surface area contributed by atoms with Gasteiger partial charge < -0.3 is 14.8 Å². The van der Waals surface area contributed by atoms with Gasteiger partial charge in [-0.05, 0) is 37.6 Å². The van der Waals surface area contributed by atoms with Crippen LogP contribution in [0.4, 0.5) is 0 Å². The van der Waals surface area contributed by atoms with E-state index >= 15 is 0 Å². The fourth-order valence-electron chi connectivity index (χ4n) is 1.89. The van der Waals surface area contributed by atoms with Gasteiger partial charge in [0.2, 0.25) is 10.0 Å². The molecule has 0 aromatic heterocycles. The van der Waals surface area contributed by atoms with E-state index in [0.717, 1.165) is 18.5 Å². The SMILES string of the molecule is COC(OC)C(C)NCCc1ccc(S(N)(=O)=O)cc1. The molecule has 0 aliphatic heterocycles. The van der Waals surface area contributed by atoms with Gasteiger partial charge in [-0.2, -0.15) is 0 Å². The minimum absolute atomic E-state index is 0.0636. The lowest BCUT2D eigenvalue weighted by Gasteiger charge is -2.22. The lowest BCUT2D eigenvalue weighted by atomic mass is 10.1. The zero-order chi connectivity index (χ0) is 15.2. The molecule has 0 amide bonds. The maximum absolute atomic E-state index is 11.1. The van der Waals surface area contributed by atoms with Crippen LogP contribution in [0.1, 0.15) is 12.5 Å². The Morgan fingerprint density at radius 1 is 1.20 bits per heavy atom. The summed E-state index contributed by atoms with van der Waals surface area (Å²) in [6, 6.07) is 6.61. The van der Waals surface area contributed by atoms with Crippen molar-refractivity contribution in [3.8, 4) is 0 Å². The van der Waals surface area contributed by atoms with Gasteiger partial charge >= 0.3 is 0 Å². The zero-order valence-corrected chi connectivity index (χ0v) is 12.8. The van der Waals surface area contributed by atoms with E-state index in [9.17, 15) is 8.42 Å². The van der Waals surface area contributed by atoms with Crippen LogP contribution in [0.15, 0.2) is 29.2 Å². The maximum atomic E-state index is 11.1. The number of sulfonamides is 1. The second kappa shape index (κ2) is 7.70. The van der Waals surface area contributed by atoms with Crippen molar-refractivity contribution in [2.45, 2.75) is 30.6 Å². The minimum atomic E-state index is -3.62. The van der Waals surface area contributed by atoms with E-state index in [1.54, 1.807) is 26.4 Å². The molecule has 1 rings (SSSR count). The largest absolute Gasteiger partial charge is 0.354 e. The van der Waals surface area contributed by atoms with E-state index in [0.29, 0.717) is 0 Å². The maximum Gasteiger partial charge on any atom is 0.238 e. The summed E-state index contributed by atoms with van der Waals surface area (Å²) in [4.78, 5) is 0.126. The number of primary sulfonamides is 1. The Hall–Kier alpha value is -0.990. The summed E-state index contributed by atoms with van der Waals surface area (Å²) in [7, 11) is -0.429. The molecule has 1 aromatic rings. The van der Waals surface area contributed by atoms with E-state index < -0.39 is 10.0 Å². The molecule has 0 aliphatic rings. The Bertz CT molecular complexity index is 498. The normalized spacial score (nSPS) is 13.7. The van der Waals surface area contributed by atoms with Gasteiger partial charge in [0.05, 0.1) is 10.9 Å². The van der Waals surface area contributed by atoms with Crippen molar-refractivity contribution in [1.29, 1.82) is 0 Å². The number of ether oxygens (including phenoxy) is 2. The molecule has 0 saturated carbocycles. The number of benzene rings is 1. The van der Waals surface area contributed by atoms with Crippen molar-refractivity contribution in [3.05, 3.63) is 29.8 Å². The fraction of sp³-hybridized carbons (Fsp3) is 0.538. The van der Waals surface area contributed by atoms with Crippen LogP contribution < -0.4 is 10.5 Å². The molecule has 0 spiro atoms. The third-order valence-corrected chi connectivity index (χ3v) is 3.93. The van der Waals surface area contributed by atoms with Crippen molar-refractivity contribution in [3.63, 3.8) is 0 Å². The molecule has 1 aromatic carbocycles. The number of methoxy groups -OCH3 is 2. The highest BCUT2D eigenvalue weighted by molar-refractivity contribution is 7.89. The molecule has 3 N–H and O–H groups in total. The quantitative estimate of drug-likeness (QED) is 0.681. The Morgan fingerprint density at radius 3 is 2.20 bits per heavy atom. The van der Waals surface area contributed by atoms with Crippen molar-refractivity contribution < 1.29 is 17.9 Å². The predicted octanol–water partition coefficient (Wildman–Crippen LogP) is 0.474. The summed E-state index contributed by atoms with van der Waals surface area (Å²) < 4.78 is 32.6. The highest BCUT2D eigenvalue weighted by atomic mass is 32.2. The van der Waals surface area contributed by atoms with E-state index in [4.69, 9.17) is 14.6 Å². The third-order valence-electron chi connectivity index (χ3n) is 3.00. The van der Waals surface area contributed by atoms with Crippen LogP contribution in [-0.4, -0.2) is 41.5 Å². The molecular weight excluding hydrogens is 280 g/mol. The van der Waals surface area contributed by atoms with Crippen LogP contribution in [0, 0.1) is 0 Å². The van der Waals surface area contributed by atoms with Gasteiger partial charge in [0.15, 0.2) is 6.29 Å². The van der Waals surface area contributed by atoms with E-state index in [-0.39, 0.29) is 17.2 Å². The molecule has 0 aliphatic carbocycles. The smallest absolute Gasteiger partial charge is 0.238 e. The van der Waals surface area contributed by atoms with Gasteiger partial charge in [-0.1, -0.05) is 12.1 Å². The van der Waals surface area contributed by atoms with Gasteiger partial charge in [0.1, 0.15) is 0 Å². The summed E-state index contributed by atoms with van der Waals surface area (Å²) in [5.74, 6) is 0. The summed E-state index contributed by atoms with van der Waals surface area (Å²) >= 11 is 0. The lowest BCUT2D eigenvalue weighted by molar-refractivity contribution is -0.119. The standard InChI is InChI=1S/C13H22N2O4S/c1-10(13(18-2)19-3)15-9-8-11-4-6-12(7-5-11)20(14,16)17/h4-7,10,13,15H,8-9H2,1-3H3,(H2,14,16,17). The average molecular weight is 302 g/mol. The van der Waals surface area contributed by atoms with E-state index in [1.807, 2.05) is 6.92 Å². The Morgan fingerprint density at radius 2 is 1.75 bits per heavy atom. The van der Waals surface area contributed by atoms with Gasteiger partial charge in [0.25, 0.3) is 0 Å². The molecule has 7 heteroatoms. The molecule has 0 fully saturated rings. The van der Waals surface area contributed by atoms with Crippen LogP contribution in [-0.2, 0) is 25.9 Å². The first-order valence-corrected chi connectivity index (χ1v) is 7.84. The van der Waals surface area contributed by atoms with Crippen molar-refractivity contribution >= 4 is 10.0 Å². The second-order valence-electron chi connectivity index (χ2n) is 4.52. The molecule has 20 heavy (non-hydrogen) atoms. The molecule has 6 nitrogen and oxygen atoms in total. The fourth-order valence-corrected chi connectivity index (χ4v) is 2.41.